The maximum atomic E-state index is 10.0. The lowest BCUT2D eigenvalue weighted by Gasteiger charge is -2.63. The van der Waals surface area contributed by atoms with Crippen molar-refractivity contribution in [3.8, 4) is 0 Å². The molecular weight excluding hydrogens is 264 g/mol. The van der Waals surface area contributed by atoms with Crippen molar-refractivity contribution in [2.24, 2.45) is 22.7 Å². The number of aliphatic hydroxyl groups excluding tert-OH is 1. The molecule has 2 aliphatic heterocycles. The van der Waals surface area contributed by atoms with E-state index in [1.54, 1.807) is 0 Å². The summed E-state index contributed by atoms with van der Waals surface area (Å²) in [6, 6.07) is 0. The lowest BCUT2D eigenvalue weighted by atomic mass is 9.44. The van der Waals surface area contributed by atoms with Crippen LogP contribution >= 0.6 is 0 Å². The third-order valence-corrected chi connectivity index (χ3v) is 7.68. The number of aliphatic hydroxyl groups is 1. The summed E-state index contributed by atoms with van der Waals surface area (Å²) in [5, 5.41) is 10.0. The molecule has 4 aliphatic rings. The Kier molecular flexibility index (Phi) is 2.92. The molecule has 0 radical (unpaired) electrons. The van der Waals surface area contributed by atoms with Crippen molar-refractivity contribution in [3.05, 3.63) is 0 Å². The van der Waals surface area contributed by atoms with Crippen LogP contribution in [-0.4, -0.2) is 29.7 Å². The second-order valence-corrected chi connectivity index (χ2v) is 8.94. The van der Waals surface area contributed by atoms with Gasteiger partial charge < -0.3 is 14.6 Å². The average molecular weight is 294 g/mol. The zero-order valence-corrected chi connectivity index (χ0v) is 13.8. The molecule has 2 heterocycles. The quantitative estimate of drug-likeness (QED) is 0.804. The standard InChI is InChI=1S/C18H30O3/c1-15(11-19)7-4-8-16(2)13(15)6-10-18-12-20-17(3,21-18)9-5-14(16)18/h13-14,19H,4-12H2,1-3H3/t13-,14+,15+,16-,17-,18-/m0/s1. The van der Waals surface area contributed by atoms with Gasteiger partial charge in [-0.1, -0.05) is 20.3 Å². The van der Waals surface area contributed by atoms with Gasteiger partial charge in [0.1, 0.15) is 0 Å². The molecule has 0 unspecified atom stereocenters. The fourth-order valence-electron chi connectivity index (χ4n) is 6.65. The summed E-state index contributed by atoms with van der Waals surface area (Å²) in [5.74, 6) is 0.910. The second kappa shape index (κ2) is 4.24. The van der Waals surface area contributed by atoms with E-state index in [4.69, 9.17) is 9.47 Å². The molecule has 4 fully saturated rings. The first-order valence-corrected chi connectivity index (χ1v) is 8.81. The lowest BCUT2D eigenvalue weighted by Crippen LogP contribution is -2.62. The Bertz CT molecular complexity index is 452. The van der Waals surface area contributed by atoms with Crippen molar-refractivity contribution in [2.75, 3.05) is 13.2 Å². The van der Waals surface area contributed by atoms with E-state index in [9.17, 15) is 5.11 Å². The molecular formula is C18H30O3. The van der Waals surface area contributed by atoms with E-state index in [1.807, 2.05) is 0 Å². The van der Waals surface area contributed by atoms with Crippen LogP contribution in [0.2, 0.25) is 0 Å². The van der Waals surface area contributed by atoms with E-state index in [1.165, 1.54) is 32.1 Å². The Morgan fingerprint density at radius 3 is 2.52 bits per heavy atom. The minimum Gasteiger partial charge on any atom is -0.396 e. The summed E-state index contributed by atoms with van der Waals surface area (Å²) in [7, 11) is 0. The highest BCUT2D eigenvalue weighted by molar-refractivity contribution is 5.13. The van der Waals surface area contributed by atoms with Crippen LogP contribution in [0.1, 0.15) is 65.7 Å². The second-order valence-electron chi connectivity index (χ2n) is 8.94. The summed E-state index contributed by atoms with van der Waals surface area (Å²) in [6.45, 7) is 8.03. The van der Waals surface area contributed by atoms with Gasteiger partial charge in [-0.25, -0.2) is 0 Å². The summed E-state index contributed by atoms with van der Waals surface area (Å²) in [4.78, 5) is 0. The monoisotopic (exact) mass is 294 g/mol. The Morgan fingerprint density at radius 1 is 1.00 bits per heavy atom. The first-order chi connectivity index (χ1) is 9.86. The largest absolute Gasteiger partial charge is 0.396 e. The molecule has 3 nitrogen and oxygen atoms in total. The maximum Gasteiger partial charge on any atom is 0.166 e. The lowest BCUT2D eigenvalue weighted by molar-refractivity contribution is -0.263. The van der Waals surface area contributed by atoms with Crippen molar-refractivity contribution < 1.29 is 14.6 Å². The molecule has 6 atom stereocenters. The molecule has 0 amide bonds. The molecule has 0 aromatic rings. The van der Waals surface area contributed by atoms with Crippen LogP contribution in [-0.2, 0) is 9.47 Å². The van der Waals surface area contributed by atoms with Gasteiger partial charge in [0.15, 0.2) is 5.79 Å². The Balaban J connectivity index is 1.72. The van der Waals surface area contributed by atoms with Crippen LogP contribution in [0, 0.1) is 22.7 Å². The average Bonchev–Trinajstić information content (AvgIpc) is 2.69. The first-order valence-electron chi connectivity index (χ1n) is 8.81. The van der Waals surface area contributed by atoms with Gasteiger partial charge in [-0.15, -0.1) is 0 Å². The SMILES string of the molecule is C[C@]12CC[C@H]3[C@](CC[C@H]4[C@@](C)(CO)CCC[C@@]43C)(CO1)O2. The van der Waals surface area contributed by atoms with Crippen LogP contribution < -0.4 is 0 Å². The summed E-state index contributed by atoms with van der Waals surface area (Å²) < 4.78 is 12.6. The molecule has 21 heavy (non-hydrogen) atoms. The highest BCUT2D eigenvalue weighted by Crippen LogP contribution is 2.67. The molecule has 3 heteroatoms. The maximum absolute atomic E-state index is 10.0. The molecule has 1 spiro atoms. The number of fused-ring (bicyclic) bond motifs is 3. The summed E-state index contributed by atoms with van der Waals surface area (Å²) >= 11 is 0. The summed E-state index contributed by atoms with van der Waals surface area (Å²) in [5.41, 5.74) is 0.379. The molecule has 4 rings (SSSR count). The zero-order chi connectivity index (χ0) is 14.9. The number of hydrogen-bond donors (Lipinski definition) is 1. The highest BCUT2D eigenvalue weighted by Gasteiger charge is 2.66. The van der Waals surface area contributed by atoms with E-state index < -0.39 is 0 Å². The molecule has 120 valence electrons. The normalized spacial score (nSPS) is 59.4. The van der Waals surface area contributed by atoms with Gasteiger partial charge in [0.2, 0.25) is 0 Å². The topological polar surface area (TPSA) is 38.7 Å². The molecule has 1 N–H and O–H groups in total. The molecule has 0 aromatic heterocycles. The van der Waals surface area contributed by atoms with Crippen molar-refractivity contribution in [2.45, 2.75) is 77.1 Å². The molecule has 2 saturated carbocycles. The fraction of sp³-hybridized carbons (Fsp3) is 1.00. The van der Waals surface area contributed by atoms with Gasteiger partial charge in [-0.05, 0) is 61.7 Å². The van der Waals surface area contributed by atoms with Gasteiger partial charge in [-0.2, -0.15) is 0 Å². The van der Waals surface area contributed by atoms with Gasteiger partial charge >= 0.3 is 0 Å². The van der Waals surface area contributed by atoms with Gasteiger partial charge in [0, 0.05) is 13.0 Å². The number of hydrogen-bond acceptors (Lipinski definition) is 3. The highest BCUT2D eigenvalue weighted by atomic mass is 16.8. The molecule has 0 aromatic carbocycles. The Morgan fingerprint density at radius 2 is 1.76 bits per heavy atom. The van der Waals surface area contributed by atoms with E-state index >= 15 is 0 Å². The third kappa shape index (κ3) is 1.77. The van der Waals surface area contributed by atoms with Crippen molar-refractivity contribution in [1.82, 2.24) is 0 Å². The number of ether oxygens (including phenoxy) is 2. The van der Waals surface area contributed by atoms with Crippen LogP contribution in [0.15, 0.2) is 0 Å². The predicted octanol–water partition coefficient (Wildman–Crippen LogP) is 3.50. The molecule has 2 aliphatic carbocycles. The Labute approximate surface area is 128 Å². The van der Waals surface area contributed by atoms with Crippen LogP contribution in [0.4, 0.5) is 0 Å². The van der Waals surface area contributed by atoms with Crippen molar-refractivity contribution in [1.29, 1.82) is 0 Å². The van der Waals surface area contributed by atoms with Gasteiger partial charge in [-0.3, -0.25) is 0 Å². The molecule has 2 saturated heterocycles. The predicted molar refractivity (Wildman–Crippen MR) is 80.8 cm³/mol. The van der Waals surface area contributed by atoms with Crippen LogP contribution in [0.5, 0.6) is 0 Å². The van der Waals surface area contributed by atoms with E-state index in [-0.39, 0.29) is 16.8 Å². The van der Waals surface area contributed by atoms with Crippen molar-refractivity contribution >= 4 is 0 Å². The smallest absolute Gasteiger partial charge is 0.166 e. The first kappa shape index (κ1) is 14.5. The summed E-state index contributed by atoms with van der Waals surface area (Å²) in [6.07, 6.45) is 8.27. The number of rotatable bonds is 1. The Hall–Kier alpha value is -0.120. The van der Waals surface area contributed by atoms with Gasteiger partial charge in [0.05, 0.1) is 12.2 Å². The van der Waals surface area contributed by atoms with E-state index in [2.05, 4.69) is 20.8 Å². The van der Waals surface area contributed by atoms with Gasteiger partial charge in [0.25, 0.3) is 0 Å². The third-order valence-electron chi connectivity index (χ3n) is 7.68. The minimum absolute atomic E-state index is 0.0358. The fourth-order valence-corrected chi connectivity index (χ4v) is 6.65. The minimum atomic E-state index is -0.325. The van der Waals surface area contributed by atoms with Crippen LogP contribution in [0.25, 0.3) is 0 Å². The van der Waals surface area contributed by atoms with E-state index in [0.717, 1.165) is 19.4 Å². The van der Waals surface area contributed by atoms with Crippen molar-refractivity contribution in [3.63, 3.8) is 0 Å². The van der Waals surface area contributed by atoms with Crippen LogP contribution in [0.3, 0.4) is 0 Å². The van der Waals surface area contributed by atoms with E-state index in [0.29, 0.717) is 23.9 Å². The molecule has 2 bridgehead atoms. The zero-order valence-electron chi connectivity index (χ0n) is 13.8.